The molecule has 2 amide bonds. The van der Waals surface area contributed by atoms with E-state index in [0.29, 0.717) is 24.6 Å². The van der Waals surface area contributed by atoms with Crippen molar-refractivity contribution >= 4 is 11.8 Å². The van der Waals surface area contributed by atoms with Gasteiger partial charge in [0.2, 0.25) is 5.91 Å². The number of hydrogen-bond donors (Lipinski definition) is 0. The number of aromatic nitrogens is 1. The molecular weight excluding hydrogens is 393 g/mol. The lowest BCUT2D eigenvalue weighted by molar-refractivity contribution is -0.133. The number of aryl methyl sites for hydroxylation is 1. The molecule has 0 radical (unpaired) electrons. The summed E-state index contributed by atoms with van der Waals surface area (Å²) in [6, 6.07) is 9.65. The monoisotopic (exact) mass is 427 g/mol. The van der Waals surface area contributed by atoms with Crippen LogP contribution in [-0.2, 0) is 18.4 Å². The molecule has 1 fully saturated rings. The van der Waals surface area contributed by atoms with Crippen LogP contribution in [0.1, 0.15) is 62.0 Å². The smallest absolute Gasteiger partial charge is 0.254 e. The minimum Gasteiger partial charge on any atom is -0.353 e. The molecule has 1 aliphatic carbocycles. The topological polar surface area (TPSA) is 45.6 Å². The van der Waals surface area contributed by atoms with Crippen LogP contribution in [-0.4, -0.2) is 45.3 Å². The average molecular weight is 428 g/mol. The number of carbonyl (C=O) groups excluding carboxylic acids is 2. The molecule has 3 rings (SSSR count). The van der Waals surface area contributed by atoms with Crippen LogP contribution in [0.2, 0.25) is 0 Å². The number of rotatable bonds is 8. The summed E-state index contributed by atoms with van der Waals surface area (Å²) in [5.41, 5.74) is 1.49. The van der Waals surface area contributed by atoms with Crippen LogP contribution in [0.25, 0.3) is 0 Å². The third-order valence-electron chi connectivity index (χ3n) is 6.02. The largest absolute Gasteiger partial charge is 0.353 e. The van der Waals surface area contributed by atoms with E-state index < -0.39 is 0 Å². The standard InChI is InChI=1S/C25H34FN3O2/c1-19(2)16-28(17-23-10-7-15-27(23)3)24(30)18-29(22-8-5-4-6-9-22)25(31)20-11-13-21(26)14-12-20/h7,10-15,19,22H,4-6,8-9,16-18H2,1-3H3. The molecule has 0 spiro atoms. The van der Waals surface area contributed by atoms with Crippen molar-refractivity contribution in [3.05, 3.63) is 59.7 Å². The van der Waals surface area contributed by atoms with E-state index >= 15 is 0 Å². The molecule has 2 aromatic rings. The number of halogens is 1. The number of carbonyl (C=O) groups is 2. The Labute approximate surface area is 184 Å². The van der Waals surface area contributed by atoms with Crippen molar-refractivity contribution in [1.82, 2.24) is 14.4 Å². The molecule has 6 heteroatoms. The Bertz CT molecular complexity index is 869. The van der Waals surface area contributed by atoms with Gasteiger partial charge in [0.15, 0.2) is 0 Å². The Morgan fingerprint density at radius 1 is 1.10 bits per heavy atom. The molecule has 0 saturated heterocycles. The molecule has 1 heterocycles. The quantitative estimate of drug-likeness (QED) is 0.617. The average Bonchev–Trinajstić information content (AvgIpc) is 3.16. The van der Waals surface area contributed by atoms with E-state index in [-0.39, 0.29) is 30.2 Å². The van der Waals surface area contributed by atoms with E-state index in [2.05, 4.69) is 13.8 Å². The molecule has 0 atom stereocenters. The number of amides is 2. The van der Waals surface area contributed by atoms with Gasteiger partial charge >= 0.3 is 0 Å². The van der Waals surface area contributed by atoms with Gasteiger partial charge in [0.25, 0.3) is 5.91 Å². The predicted molar refractivity (Wildman–Crippen MR) is 120 cm³/mol. The Kier molecular flexibility index (Phi) is 7.88. The highest BCUT2D eigenvalue weighted by molar-refractivity contribution is 5.96. The minimum absolute atomic E-state index is 0.0454. The highest BCUT2D eigenvalue weighted by Gasteiger charge is 2.30. The van der Waals surface area contributed by atoms with Gasteiger partial charge in [0, 0.05) is 37.1 Å². The number of hydrogen-bond acceptors (Lipinski definition) is 2. The van der Waals surface area contributed by atoms with Crippen LogP contribution in [0, 0.1) is 11.7 Å². The van der Waals surface area contributed by atoms with Crippen LogP contribution in [0.5, 0.6) is 0 Å². The number of nitrogens with zero attached hydrogens (tertiary/aromatic N) is 3. The molecule has 5 nitrogen and oxygen atoms in total. The van der Waals surface area contributed by atoms with Crippen molar-refractivity contribution in [2.75, 3.05) is 13.1 Å². The summed E-state index contributed by atoms with van der Waals surface area (Å²) >= 11 is 0. The lowest BCUT2D eigenvalue weighted by Crippen LogP contribution is -2.48. The zero-order valence-corrected chi connectivity index (χ0v) is 18.9. The Morgan fingerprint density at radius 3 is 2.35 bits per heavy atom. The van der Waals surface area contributed by atoms with Crippen LogP contribution in [0.15, 0.2) is 42.6 Å². The Morgan fingerprint density at radius 2 is 1.77 bits per heavy atom. The van der Waals surface area contributed by atoms with Crippen LogP contribution in [0.4, 0.5) is 4.39 Å². The van der Waals surface area contributed by atoms with Crippen molar-refractivity contribution in [3.8, 4) is 0 Å². The summed E-state index contributed by atoms with van der Waals surface area (Å²) in [7, 11) is 1.97. The maximum atomic E-state index is 13.4. The second-order valence-corrected chi connectivity index (χ2v) is 9.01. The lowest BCUT2D eigenvalue weighted by Gasteiger charge is -2.36. The predicted octanol–water partition coefficient (Wildman–Crippen LogP) is 4.62. The molecular formula is C25H34FN3O2. The van der Waals surface area contributed by atoms with Gasteiger partial charge in [-0.25, -0.2) is 4.39 Å². The first-order valence-corrected chi connectivity index (χ1v) is 11.3. The van der Waals surface area contributed by atoms with E-state index in [4.69, 9.17) is 0 Å². The van der Waals surface area contributed by atoms with Crippen molar-refractivity contribution < 1.29 is 14.0 Å². The van der Waals surface area contributed by atoms with Crippen LogP contribution in [0.3, 0.4) is 0 Å². The first-order valence-electron chi connectivity index (χ1n) is 11.3. The maximum absolute atomic E-state index is 13.4. The summed E-state index contributed by atoms with van der Waals surface area (Å²) in [6.45, 7) is 5.39. The second-order valence-electron chi connectivity index (χ2n) is 9.01. The molecule has 1 saturated carbocycles. The number of benzene rings is 1. The molecule has 0 bridgehead atoms. The highest BCUT2D eigenvalue weighted by Crippen LogP contribution is 2.24. The van der Waals surface area contributed by atoms with E-state index in [1.807, 2.05) is 34.8 Å². The summed E-state index contributed by atoms with van der Waals surface area (Å²) in [4.78, 5) is 30.3. The summed E-state index contributed by atoms with van der Waals surface area (Å²) < 4.78 is 15.4. The van der Waals surface area contributed by atoms with Gasteiger partial charge in [-0.2, -0.15) is 0 Å². The fourth-order valence-corrected chi connectivity index (χ4v) is 4.32. The van der Waals surface area contributed by atoms with Gasteiger partial charge in [-0.1, -0.05) is 33.1 Å². The molecule has 0 N–H and O–H groups in total. The van der Waals surface area contributed by atoms with Gasteiger partial charge in [-0.15, -0.1) is 0 Å². The third kappa shape index (κ3) is 6.18. The first-order chi connectivity index (χ1) is 14.8. The Balaban J connectivity index is 1.81. The Hall–Kier alpha value is -2.63. The summed E-state index contributed by atoms with van der Waals surface area (Å²) in [5, 5.41) is 0. The molecule has 0 aliphatic heterocycles. The lowest BCUT2D eigenvalue weighted by atomic mass is 9.93. The van der Waals surface area contributed by atoms with Crippen molar-refractivity contribution in [2.24, 2.45) is 13.0 Å². The van der Waals surface area contributed by atoms with E-state index in [0.717, 1.165) is 37.8 Å². The van der Waals surface area contributed by atoms with Crippen molar-refractivity contribution in [1.29, 1.82) is 0 Å². The molecule has 31 heavy (non-hydrogen) atoms. The van der Waals surface area contributed by atoms with Crippen LogP contribution >= 0.6 is 0 Å². The molecule has 168 valence electrons. The summed E-state index contributed by atoms with van der Waals surface area (Å²) in [6.07, 6.45) is 7.07. The summed E-state index contributed by atoms with van der Waals surface area (Å²) in [5.74, 6) is -0.290. The molecule has 1 aliphatic rings. The van der Waals surface area contributed by atoms with Crippen LogP contribution < -0.4 is 0 Å². The van der Waals surface area contributed by atoms with Gasteiger partial charge in [-0.05, 0) is 55.2 Å². The SMILES string of the molecule is CC(C)CN(Cc1cccn1C)C(=O)CN(C(=O)c1ccc(F)cc1)C1CCCCC1. The normalized spacial score (nSPS) is 14.6. The maximum Gasteiger partial charge on any atom is 0.254 e. The highest BCUT2D eigenvalue weighted by atomic mass is 19.1. The zero-order chi connectivity index (χ0) is 22.4. The van der Waals surface area contributed by atoms with E-state index in [1.54, 1.807) is 4.90 Å². The molecule has 1 aromatic heterocycles. The zero-order valence-electron chi connectivity index (χ0n) is 18.9. The van der Waals surface area contributed by atoms with Crippen molar-refractivity contribution in [2.45, 2.75) is 58.5 Å². The first kappa shape index (κ1) is 23.0. The van der Waals surface area contributed by atoms with Gasteiger partial charge in [-0.3, -0.25) is 9.59 Å². The molecule has 0 unspecified atom stereocenters. The van der Waals surface area contributed by atoms with E-state index in [1.165, 1.54) is 24.3 Å². The molecule has 1 aromatic carbocycles. The van der Waals surface area contributed by atoms with Gasteiger partial charge < -0.3 is 14.4 Å². The van der Waals surface area contributed by atoms with Gasteiger partial charge in [0.1, 0.15) is 12.4 Å². The van der Waals surface area contributed by atoms with E-state index in [9.17, 15) is 14.0 Å². The fourth-order valence-electron chi connectivity index (χ4n) is 4.32. The third-order valence-corrected chi connectivity index (χ3v) is 6.02. The fraction of sp³-hybridized carbons (Fsp3) is 0.520. The minimum atomic E-state index is -0.373. The van der Waals surface area contributed by atoms with Crippen molar-refractivity contribution in [3.63, 3.8) is 0 Å². The van der Waals surface area contributed by atoms with Gasteiger partial charge in [0.05, 0.1) is 6.54 Å². The second kappa shape index (κ2) is 10.6.